The number of piperidine rings is 1. The van der Waals surface area contributed by atoms with Crippen molar-refractivity contribution in [1.29, 1.82) is 0 Å². The number of carbonyl (C=O) groups excluding carboxylic acids is 1. The van der Waals surface area contributed by atoms with Gasteiger partial charge in [-0.05, 0) is 44.0 Å². The highest BCUT2D eigenvalue weighted by Crippen LogP contribution is 2.21. The molecule has 0 aromatic carbocycles. The second-order valence-corrected chi connectivity index (χ2v) is 6.81. The molecule has 3 aromatic rings. The van der Waals surface area contributed by atoms with Crippen LogP contribution in [-0.4, -0.2) is 39.0 Å². The molecule has 0 aliphatic carbocycles. The molecule has 4 rings (SSSR count). The zero-order valence-electron chi connectivity index (χ0n) is 15.1. The summed E-state index contributed by atoms with van der Waals surface area (Å²) >= 11 is 0. The van der Waals surface area contributed by atoms with Gasteiger partial charge in [0, 0.05) is 12.7 Å². The number of rotatable bonds is 5. The van der Waals surface area contributed by atoms with Crippen molar-refractivity contribution in [1.82, 2.24) is 20.0 Å². The molecule has 0 saturated carbocycles. The van der Waals surface area contributed by atoms with Crippen LogP contribution in [0, 0.1) is 12.8 Å². The molecular formula is C19H21N5O3. The van der Waals surface area contributed by atoms with Crippen molar-refractivity contribution in [2.45, 2.75) is 26.3 Å². The number of anilines is 1. The van der Waals surface area contributed by atoms with Crippen LogP contribution in [0.3, 0.4) is 0 Å². The van der Waals surface area contributed by atoms with Gasteiger partial charge in [-0.1, -0.05) is 11.2 Å². The Kier molecular flexibility index (Phi) is 4.97. The number of nitrogens with one attached hydrogen (secondary N) is 1. The second-order valence-electron chi connectivity index (χ2n) is 6.81. The van der Waals surface area contributed by atoms with E-state index in [1.165, 1.54) is 0 Å². The van der Waals surface area contributed by atoms with Gasteiger partial charge in [0.25, 0.3) is 5.89 Å². The number of hydrogen-bond donors (Lipinski definition) is 1. The molecule has 4 heterocycles. The molecule has 1 amide bonds. The minimum atomic E-state index is -0.0814. The first-order valence-electron chi connectivity index (χ1n) is 8.98. The number of hydrogen-bond acceptors (Lipinski definition) is 7. The Balaban J connectivity index is 1.35. The van der Waals surface area contributed by atoms with Gasteiger partial charge in [0.05, 0.1) is 24.3 Å². The summed E-state index contributed by atoms with van der Waals surface area (Å²) in [7, 11) is 0. The molecule has 1 fully saturated rings. The summed E-state index contributed by atoms with van der Waals surface area (Å²) in [5, 5.41) is 6.94. The molecule has 1 saturated heterocycles. The van der Waals surface area contributed by atoms with Gasteiger partial charge < -0.3 is 14.3 Å². The molecule has 1 aliphatic heterocycles. The monoisotopic (exact) mass is 367 g/mol. The molecule has 3 aromatic heterocycles. The molecule has 0 bridgehead atoms. The van der Waals surface area contributed by atoms with E-state index < -0.39 is 0 Å². The van der Waals surface area contributed by atoms with Crippen LogP contribution in [0.4, 0.5) is 5.82 Å². The topological polar surface area (TPSA) is 97.3 Å². The Hall–Kier alpha value is -3.00. The highest BCUT2D eigenvalue weighted by Gasteiger charge is 2.27. The quantitative estimate of drug-likeness (QED) is 0.740. The van der Waals surface area contributed by atoms with Crippen LogP contribution in [-0.2, 0) is 11.3 Å². The van der Waals surface area contributed by atoms with Gasteiger partial charge in [-0.15, -0.1) is 0 Å². The normalized spacial score (nSPS) is 17.7. The van der Waals surface area contributed by atoms with Gasteiger partial charge in [0.15, 0.2) is 5.82 Å². The largest absolute Gasteiger partial charge is 0.472 e. The number of amides is 1. The molecule has 0 radical (unpaired) electrons. The van der Waals surface area contributed by atoms with Gasteiger partial charge in [-0.3, -0.25) is 9.69 Å². The molecule has 8 heteroatoms. The first-order chi connectivity index (χ1) is 13.2. The van der Waals surface area contributed by atoms with Crippen molar-refractivity contribution in [3.8, 4) is 11.5 Å². The predicted molar refractivity (Wildman–Crippen MR) is 97.6 cm³/mol. The summed E-state index contributed by atoms with van der Waals surface area (Å²) in [6.07, 6.45) is 6.69. The molecule has 0 unspecified atom stereocenters. The van der Waals surface area contributed by atoms with E-state index in [4.69, 9.17) is 8.94 Å². The SMILES string of the molecule is Cc1ccc(NC(=O)[C@@H]2CCCN(Cc3noc(-c4ccoc4)n3)C2)nc1. The fourth-order valence-electron chi connectivity index (χ4n) is 3.20. The fourth-order valence-corrected chi connectivity index (χ4v) is 3.20. The molecule has 27 heavy (non-hydrogen) atoms. The van der Waals surface area contributed by atoms with Crippen LogP contribution in [0.1, 0.15) is 24.2 Å². The summed E-state index contributed by atoms with van der Waals surface area (Å²) in [4.78, 5) is 23.4. The molecule has 1 atom stereocenters. The van der Waals surface area contributed by atoms with Crippen LogP contribution in [0.5, 0.6) is 0 Å². The van der Waals surface area contributed by atoms with E-state index in [1.54, 1.807) is 24.8 Å². The van der Waals surface area contributed by atoms with Crippen LogP contribution < -0.4 is 5.32 Å². The maximum atomic E-state index is 12.6. The lowest BCUT2D eigenvalue weighted by molar-refractivity contribution is -0.121. The number of likely N-dealkylation sites (tertiary alicyclic amines) is 1. The van der Waals surface area contributed by atoms with Gasteiger partial charge in [-0.2, -0.15) is 4.98 Å². The Morgan fingerprint density at radius 1 is 1.37 bits per heavy atom. The third kappa shape index (κ3) is 4.22. The average Bonchev–Trinajstić information content (AvgIpc) is 3.35. The third-order valence-electron chi connectivity index (χ3n) is 4.64. The number of aryl methyl sites for hydroxylation is 1. The lowest BCUT2D eigenvalue weighted by Crippen LogP contribution is -2.40. The van der Waals surface area contributed by atoms with E-state index in [0.717, 1.165) is 30.5 Å². The van der Waals surface area contributed by atoms with Crippen molar-refractivity contribution < 1.29 is 13.7 Å². The van der Waals surface area contributed by atoms with Crippen molar-refractivity contribution in [2.75, 3.05) is 18.4 Å². The second kappa shape index (κ2) is 7.71. The molecule has 0 spiro atoms. The summed E-state index contributed by atoms with van der Waals surface area (Å²) < 4.78 is 10.3. The number of nitrogens with zero attached hydrogens (tertiary/aromatic N) is 4. The average molecular weight is 367 g/mol. The lowest BCUT2D eigenvalue weighted by Gasteiger charge is -2.30. The smallest absolute Gasteiger partial charge is 0.261 e. The third-order valence-corrected chi connectivity index (χ3v) is 4.64. The van der Waals surface area contributed by atoms with E-state index >= 15 is 0 Å². The van der Waals surface area contributed by atoms with Crippen LogP contribution in [0.15, 0.2) is 45.9 Å². The van der Waals surface area contributed by atoms with E-state index in [1.807, 2.05) is 19.1 Å². The van der Waals surface area contributed by atoms with Crippen molar-refractivity contribution in [3.63, 3.8) is 0 Å². The maximum absolute atomic E-state index is 12.6. The lowest BCUT2D eigenvalue weighted by atomic mass is 9.97. The van der Waals surface area contributed by atoms with Gasteiger partial charge in [0.1, 0.15) is 12.1 Å². The van der Waals surface area contributed by atoms with E-state index in [0.29, 0.717) is 30.6 Å². The van der Waals surface area contributed by atoms with Gasteiger partial charge in [-0.25, -0.2) is 4.98 Å². The Morgan fingerprint density at radius 3 is 3.07 bits per heavy atom. The zero-order valence-corrected chi connectivity index (χ0v) is 15.1. The first kappa shape index (κ1) is 17.4. The van der Waals surface area contributed by atoms with Crippen LogP contribution >= 0.6 is 0 Å². The molecule has 1 aliphatic rings. The molecule has 1 N–H and O–H groups in total. The van der Waals surface area contributed by atoms with Crippen molar-refractivity contribution in [2.24, 2.45) is 5.92 Å². The number of pyridine rings is 1. The number of furan rings is 1. The first-order valence-corrected chi connectivity index (χ1v) is 8.98. The standard InChI is InChI=1S/C19H21N5O3/c1-13-4-5-16(20-9-13)21-18(25)14-3-2-7-24(10-14)11-17-22-19(27-23-17)15-6-8-26-12-15/h4-6,8-9,12,14H,2-3,7,10-11H2,1H3,(H,20,21,25)/t14-/m1/s1. The van der Waals surface area contributed by atoms with E-state index in [-0.39, 0.29) is 11.8 Å². The minimum absolute atomic E-state index is 0.00301. The number of carbonyl (C=O) groups is 1. The summed E-state index contributed by atoms with van der Waals surface area (Å²) in [5.74, 6) is 1.55. The maximum Gasteiger partial charge on any atom is 0.261 e. The Bertz CT molecular complexity index is 888. The summed E-state index contributed by atoms with van der Waals surface area (Å²) in [6.45, 7) is 4.08. The zero-order chi connectivity index (χ0) is 18.6. The Morgan fingerprint density at radius 2 is 2.30 bits per heavy atom. The van der Waals surface area contributed by atoms with Crippen LogP contribution in [0.2, 0.25) is 0 Å². The minimum Gasteiger partial charge on any atom is -0.472 e. The highest BCUT2D eigenvalue weighted by atomic mass is 16.5. The molecule has 8 nitrogen and oxygen atoms in total. The van der Waals surface area contributed by atoms with E-state index in [9.17, 15) is 4.79 Å². The van der Waals surface area contributed by atoms with Gasteiger partial charge in [0.2, 0.25) is 5.91 Å². The predicted octanol–water partition coefficient (Wildman–Crippen LogP) is 2.88. The van der Waals surface area contributed by atoms with Crippen molar-refractivity contribution in [3.05, 3.63) is 48.3 Å². The molecule has 140 valence electrons. The Labute approximate surface area is 156 Å². The summed E-state index contributed by atoms with van der Waals surface area (Å²) in [5.41, 5.74) is 1.82. The van der Waals surface area contributed by atoms with Crippen LogP contribution in [0.25, 0.3) is 11.5 Å². The molecular weight excluding hydrogens is 346 g/mol. The summed E-state index contributed by atoms with van der Waals surface area (Å²) in [6, 6.07) is 5.53. The highest BCUT2D eigenvalue weighted by molar-refractivity contribution is 5.91. The van der Waals surface area contributed by atoms with Gasteiger partial charge >= 0.3 is 0 Å². The van der Waals surface area contributed by atoms with Crippen molar-refractivity contribution >= 4 is 11.7 Å². The van der Waals surface area contributed by atoms with E-state index in [2.05, 4.69) is 25.3 Å². The fraction of sp³-hybridized carbons (Fsp3) is 0.368. The number of aromatic nitrogens is 3.